The van der Waals surface area contributed by atoms with E-state index in [0.29, 0.717) is 0 Å². The first-order valence-electron chi connectivity index (χ1n) is 14.0. The Morgan fingerprint density at radius 2 is 1.03 bits per heavy atom. The maximum absolute atomic E-state index is 12.2. The highest BCUT2D eigenvalue weighted by molar-refractivity contribution is 5.97. The second kappa shape index (κ2) is 14.3. The number of unbranched alkanes of at least 4 members (excludes halogenated alkanes) is 10. The standard InChI is InChI=1S/C33H46O/c1-3-5-7-9-11-17-26-33(34,27-18-12-10-8-6-4-2)32-25-16-15-23-31(32)30-24-19-21-28-20-13-14-22-29(28)30/h13-16,19-25,34H,3-12,17-18,26-27H2,1-2H3. The van der Waals surface area contributed by atoms with Gasteiger partial charge in [0.25, 0.3) is 0 Å². The van der Waals surface area contributed by atoms with Crippen molar-refractivity contribution in [3.63, 3.8) is 0 Å². The van der Waals surface area contributed by atoms with Crippen LogP contribution in [0.4, 0.5) is 0 Å². The van der Waals surface area contributed by atoms with Gasteiger partial charge in [0, 0.05) is 0 Å². The predicted octanol–water partition coefficient (Wildman–Crippen LogP) is 10.2. The van der Waals surface area contributed by atoms with Crippen molar-refractivity contribution in [3.8, 4) is 11.1 Å². The fourth-order valence-electron chi connectivity index (χ4n) is 5.37. The van der Waals surface area contributed by atoms with Gasteiger partial charge in [-0.05, 0) is 40.3 Å². The minimum absolute atomic E-state index is 0.761. The van der Waals surface area contributed by atoms with Gasteiger partial charge < -0.3 is 5.11 Å². The van der Waals surface area contributed by atoms with Crippen LogP contribution in [0.15, 0.2) is 66.7 Å². The van der Waals surface area contributed by atoms with Gasteiger partial charge in [-0.2, -0.15) is 0 Å². The summed E-state index contributed by atoms with van der Waals surface area (Å²) < 4.78 is 0. The Bertz CT molecular complexity index is 952. The van der Waals surface area contributed by atoms with E-state index in [1.165, 1.54) is 86.1 Å². The van der Waals surface area contributed by atoms with Gasteiger partial charge in [0.2, 0.25) is 0 Å². The molecule has 0 heterocycles. The lowest BCUT2D eigenvalue weighted by atomic mass is 9.79. The quantitative estimate of drug-likeness (QED) is 0.212. The molecule has 184 valence electrons. The Labute approximate surface area is 208 Å². The summed E-state index contributed by atoms with van der Waals surface area (Å²) in [6, 6.07) is 23.8. The molecule has 0 aromatic heterocycles. The second-order valence-corrected chi connectivity index (χ2v) is 10.1. The lowest BCUT2D eigenvalue weighted by molar-refractivity contribution is 0.0138. The average molecular weight is 459 g/mol. The highest BCUT2D eigenvalue weighted by Crippen LogP contribution is 2.41. The summed E-state index contributed by atoms with van der Waals surface area (Å²) in [7, 11) is 0. The van der Waals surface area contributed by atoms with E-state index in [9.17, 15) is 5.11 Å². The Morgan fingerprint density at radius 3 is 1.71 bits per heavy atom. The van der Waals surface area contributed by atoms with Crippen molar-refractivity contribution >= 4 is 10.8 Å². The van der Waals surface area contributed by atoms with E-state index in [1.807, 2.05) is 0 Å². The smallest absolute Gasteiger partial charge is 0.0902 e. The fourth-order valence-corrected chi connectivity index (χ4v) is 5.37. The summed E-state index contributed by atoms with van der Waals surface area (Å²) >= 11 is 0. The monoisotopic (exact) mass is 458 g/mol. The first kappa shape index (κ1) is 26.5. The minimum atomic E-state index is -0.761. The molecule has 0 aliphatic carbocycles. The molecule has 0 aliphatic heterocycles. The van der Waals surface area contributed by atoms with Gasteiger partial charge in [0.1, 0.15) is 0 Å². The van der Waals surface area contributed by atoms with E-state index in [1.54, 1.807) is 0 Å². The van der Waals surface area contributed by atoms with E-state index >= 15 is 0 Å². The first-order chi connectivity index (χ1) is 16.7. The van der Waals surface area contributed by atoms with Gasteiger partial charge in [0.05, 0.1) is 5.60 Å². The Morgan fingerprint density at radius 1 is 0.529 bits per heavy atom. The zero-order valence-corrected chi connectivity index (χ0v) is 21.7. The molecule has 1 N–H and O–H groups in total. The van der Waals surface area contributed by atoms with Crippen molar-refractivity contribution in [2.45, 2.75) is 109 Å². The van der Waals surface area contributed by atoms with E-state index in [2.05, 4.69) is 80.6 Å². The molecule has 3 rings (SSSR count). The van der Waals surface area contributed by atoms with Crippen LogP contribution < -0.4 is 0 Å². The molecule has 0 fully saturated rings. The number of aliphatic hydroxyl groups is 1. The van der Waals surface area contributed by atoms with Crippen molar-refractivity contribution in [1.82, 2.24) is 0 Å². The summed E-state index contributed by atoms with van der Waals surface area (Å²) in [5, 5.41) is 14.7. The zero-order valence-electron chi connectivity index (χ0n) is 21.7. The van der Waals surface area contributed by atoms with Gasteiger partial charge in [-0.1, -0.05) is 158 Å². The van der Waals surface area contributed by atoms with Crippen molar-refractivity contribution in [2.75, 3.05) is 0 Å². The van der Waals surface area contributed by atoms with E-state index < -0.39 is 5.60 Å². The third-order valence-electron chi connectivity index (χ3n) is 7.40. The highest BCUT2D eigenvalue weighted by Gasteiger charge is 2.31. The lowest BCUT2D eigenvalue weighted by Gasteiger charge is -2.31. The molecular weight excluding hydrogens is 412 g/mol. The molecule has 0 unspecified atom stereocenters. The van der Waals surface area contributed by atoms with Crippen molar-refractivity contribution in [3.05, 3.63) is 72.3 Å². The van der Waals surface area contributed by atoms with Crippen LogP contribution in [-0.4, -0.2) is 5.11 Å². The molecule has 0 atom stereocenters. The molecule has 0 spiro atoms. The lowest BCUT2D eigenvalue weighted by Crippen LogP contribution is -2.26. The topological polar surface area (TPSA) is 20.2 Å². The summed E-state index contributed by atoms with van der Waals surface area (Å²) in [4.78, 5) is 0. The highest BCUT2D eigenvalue weighted by atomic mass is 16.3. The molecule has 0 radical (unpaired) electrons. The Balaban J connectivity index is 1.84. The summed E-state index contributed by atoms with van der Waals surface area (Å²) in [6.45, 7) is 4.53. The van der Waals surface area contributed by atoms with E-state index in [0.717, 1.165) is 31.2 Å². The first-order valence-corrected chi connectivity index (χ1v) is 14.0. The van der Waals surface area contributed by atoms with Gasteiger partial charge in [0.15, 0.2) is 0 Å². The largest absolute Gasteiger partial charge is 0.385 e. The number of hydrogen-bond donors (Lipinski definition) is 1. The molecule has 1 nitrogen and oxygen atoms in total. The molecule has 0 bridgehead atoms. The van der Waals surface area contributed by atoms with Crippen molar-refractivity contribution in [2.24, 2.45) is 0 Å². The Kier molecular flexibility index (Phi) is 11.2. The van der Waals surface area contributed by atoms with Crippen LogP contribution in [0.1, 0.15) is 109 Å². The summed E-state index contributed by atoms with van der Waals surface area (Å²) in [5.74, 6) is 0. The third kappa shape index (κ3) is 7.44. The van der Waals surface area contributed by atoms with E-state index in [-0.39, 0.29) is 0 Å². The zero-order chi connectivity index (χ0) is 24.1. The molecule has 3 aromatic rings. The van der Waals surface area contributed by atoms with Crippen LogP contribution in [0.3, 0.4) is 0 Å². The average Bonchev–Trinajstić information content (AvgIpc) is 2.88. The molecule has 34 heavy (non-hydrogen) atoms. The normalized spacial score (nSPS) is 11.9. The molecule has 0 aliphatic rings. The molecule has 1 heteroatoms. The molecule has 0 saturated heterocycles. The summed E-state index contributed by atoms with van der Waals surface area (Å²) in [5.41, 5.74) is 2.79. The number of fused-ring (bicyclic) bond motifs is 1. The van der Waals surface area contributed by atoms with Gasteiger partial charge in [-0.15, -0.1) is 0 Å². The fraction of sp³-hybridized carbons (Fsp3) is 0.515. The van der Waals surface area contributed by atoms with Crippen molar-refractivity contribution in [1.29, 1.82) is 0 Å². The second-order valence-electron chi connectivity index (χ2n) is 10.1. The van der Waals surface area contributed by atoms with Crippen LogP contribution in [-0.2, 0) is 5.60 Å². The predicted molar refractivity (Wildman–Crippen MR) is 149 cm³/mol. The van der Waals surface area contributed by atoms with Crippen LogP contribution in [0, 0.1) is 0 Å². The number of benzene rings is 3. The van der Waals surface area contributed by atoms with Gasteiger partial charge >= 0.3 is 0 Å². The minimum Gasteiger partial charge on any atom is -0.385 e. The molecule has 3 aromatic carbocycles. The van der Waals surface area contributed by atoms with Crippen LogP contribution in [0.5, 0.6) is 0 Å². The van der Waals surface area contributed by atoms with Gasteiger partial charge in [-0.25, -0.2) is 0 Å². The van der Waals surface area contributed by atoms with Crippen LogP contribution in [0.2, 0.25) is 0 Å². The van der Waals surface area contributed by atoms with Crippen molar-refractivity contribution < 1.29 is 5.11 Å². The molecular formula is C33H46O. The maximum Gasteiger partial charge on any atom is 0.0902 e. The maximum atomic E-state index is 12.2. The van der Waals surface area contributed by atoms with Gasteiger partial charge in [-0.3, -0.25) is 0 Å². The Hall–Kier alpha value is -2.12. The van der Waals surface area contributed by atoms with E-state index in [4.69, 9.17) is 0 Å². The van der Waals surface area contributed by atoms with Crippen LogP contribution in [0.25, 0.3) is 21.9 Å². The number of rotatable bonds is 16. The third-order valence-corrected chi connectivity index (χ3v) is 7.40. The summed E-state index contributed by atoms with van der Waals surface area (Å²) in [6.07, 6.45) is 16.8. The molecule has 0 saturated carbocycles. The number of hydrogen-bond acceptors (Lipinski definition) is 1. The SMILES string of the molecule is CCCCCCCCC(O)(CCCCCCCC)c1ccccc1-c1cccc2ccccc12. The van der Waals surface area contributed by atoms with Crippen LogP contribution >= 0.6 is 0 Å². The molecule has 0 amide bonds.